The summed E-state index contributed by atoms with van der Waals surface area (Å²) in [7, 11) is 0. The number of thiazole rings is 1. The average Bonchev–Trinajstić information content (AvgIpc) is 3.17. The van der Waals surface area contributed by atoms with Crippen LogP contribution < -0.4 is 14.9 Å². The first-order valence-electron chi connectivity index (χ1n) is 9.60. The number of nitrogens with one attached hydrogen (secondary N) is 1. The molecule has 8 heteroatoms. The van der Waals surface area contributed by atoms with E-state index in [2.05, 4.69) is 54.0 Å². The third-order valence-corrected chi connectivity index (χ3v) is 6.57. The van der Waals surface area contributed by atoms with Gasteiger partial charge in [-0.1, -0.05) is 51.5 Å². The van der Waals surface area contributed by atoms with Crippen molar-refractivity contribution in [2.24, 2.45) is 5.10 Å². The number of hydrogen-bond donors (Lipinski definition) is 1. The largest absolute Gasteiger partial charge is 0.490 e. The number of para-hydroxylation sites is 1. The Labute approximate surface area is 206 Å². The molecule has 0 bridgehead atoms. The number of anilines is 1. The van der Waals surface area contributed by atoms with Crippen molar-refractivity contribution in [2.75, 3.05) is 12.0 Å². The summed E-state index contributed by atoms with van der Waals surface area (Å²) in [4.78, 5) is 4.53. The zero-order valence-corrected chi connectivity index (χ0v) is 21.2. The van der Waals surface area contributed by atoms with Crippen molar-refractivity contribution in [1.29, 1.82) is 0 Å². The summed E-state index contributed by atoms with van der Waals surface area (Å²) in [6.07, 6.45) is 1.76. The molecule has 0 saturated heterocycles. The summed E-state index contributed by atoms with van der Waals surface area (Å²) >= 11 is 7.29. The van der Waals surface area contributed by atoms with Crippen LogP contribution in [-0.2, 0) is 6.61 Å². The normalized spacial score (nSPS) is 11.2. The monoisotopic (exact) mass is 607 g/mol. The standard InChI is InChI=1S/C23H19BrIN3O2S/c1-2-29-20-12-16(13-26-28-23-27-19-5-3-4-6-21(19)31-23)11-18(25)22(20)30-14-15-7-9-17(24)10-8-15/h3-13H,2,14H2,1H3,(H,27,28)/b26-13-. The highest BCUT2D eigenvalue weighted by molar-refractivity contribution is 14.1. The van der Waals surface area contributed by atoms with E-state index in [9.17, 15) is 0 Å². The summed E-state index contributed by atoms with van der Waals surface area (Å²) < 4.78 is 15.1. The lowest BCUT2D eigenvalue weighted by molar-refractivity contribution is 0.267. The number of fused-ring (bicyclic) bond motifs is 1. The summed E-state index contributed by atoms with van der Waals surface area (Å²) in [5.41, 5.74) is 5.99. The van der Waals surface area contributed by atoms with E-state index in [1.165, 1.54) is 0 Å². The number of hydrogen-bond acceptors (Lipinski definition) is 6. The molecule has 1 heterocycles. The molecule has 0 aliphatic rings. The predicted octanol–water partition coefficient (Wildman–Crippen LogP) is 7.09. The molecule has 5 nitrogen and oxygen atoms in total. The molecule has 0 saturated carbocycles. The summed E-state index contributed by atoms with van der Waals surface area (Å²) in [6, 6.07) is 20.1. The molecule has 0 fully saturated rings. The van der Waals surface area contributed by atoms with E-state index in [4.69, 9.17) is 9.47 Å². The van der Waals surface area contributed by atoms with Gasteiger partial charge >= 0.3 is 0 Å². The Hall–Kier alpha value is -2.17. The van der Waals surface area contributed by atoms with Crippen molar-refractivity contribution >= 4 is 71.4 Å². The Morgan fingerprint density at radius 3 is 2.71 bits per heavy atom. The van der Waals surface area contributed by atoms with E-state index >= 15 is 0 Å². The lowest BCUT2D eigenvalue weighted by Crippen LogP contribution is -2.02. The SMILES string of the molecule is CCOc1cc(/C=N\Nc2nc3ccccc3s2)cc(I)c1OCc1ccc(Br)cc1. The lowest BCUT2D eigenvalue weighted by atomic mass is 10.2. The van der Waals surface area contributed by atoms with Crippen molar-refractivity contribution in [3.63, 3.8) is 0 Å². The topological polar surface area (TPSA) is 55.7 Å². The van der Waals surface area contributed by atoms with E-state index in [0.29, 0.717) is 19.0 Å². The van der Waals surface area contributed by atoms with Gasteiger partial charge in [0.05, 0.1) is 26.6 Å². The third-order valence-electron chi connectivity index (χ3n) is 4.30. The molecule has 3 aromatic carbocycles. The minimum absolute atomic E-state index is 0.468. The molecule has 0 aliphatic carbocycles. The van der Waals surface area contributed by atoms with Crippen LogP contribution >= 0.6 is 49.9 Å². The van der Waals surface area contributed by atoms with E-state index < -0.39 is 0 Å². The van der Waals surface area contributed by atoms with Gasteiger partial charge in [0, 0.05) is 4.47 Å². The Morgan fingerprint density at radius 1 is 1.13 bits per heavy atom. The fourth-order valence-corrected chi connectivity index (χ4v) is 4.74. The second-order valence-corrected chi connectivity index (χ2v) is 9.64. The van der Waals surface area contributed by atoms with Gasteiger partial charge in [-0.25, -0.2) is 4.98 Å². The van der Waals surface area contributed by atoms with Crippen LogP contribution in [0.25, 0.3) is 10.2 Å². The second-order valence-electron chi connectivity index (χ2n) is 6.53. The number of aromatic nitrogens is 1. The molecule has 31 heavy (non-hydrogen) atoms. The van der Waals surface area contributed by atoms with Crippen LogP contribution in [0.5, 0.6) is 11.5 Å². The first-order chi connectivity index (χ1) is 15.1. The van der Waals surface area contributed by atoms with Crippen LogP contribution in [0.4, 0.5) is 5.13 Å². The lowest BCUT2D eigenvalue weighted by Gasteiger charge is -2.14. The summed E-state index contributed by atoms with van der Waals surface area (Å²) in [5, 5.41) is 5.11. The van der Waals surface area contributed by atoms with Gasteiger partial charge in [0.25, 0.3) is 0 Å². The van der Waals surface area contributed by atoms with E-state index in [-0.39, 0.29) is 0 Å². The molecular formula is C23H19BrIN3O2S. The van der Waals surface area contributed by atoms with Crippen molar-refractivity contribution in [2.45, 2.75) is 13.5 Å². The number of ether oxygens (including phenoxy) is 2. The highest BCUT2D eigenvalue weighted by Crippen LogP contribution is 2.34. The van der Waals surface area contributed by atoms with Crippen LogP contribution in [0.15, 0.2) is 70.2 Å². The van der Waals surface area contributed by atoms with Crippen molar-refractivity contribution in [3.05, 3.63) is 79.8 Å². The fourth-order valence-electron chi connectivity index (χ4n) is 2.88. The van der Waals surface area contributed by atoms with Gasteiger partial charge in [0.2, 0.25) is 5.13 Å². The molecule has 0 aliphatic heterocycles. The maximum Gasteiger partial charge on any atom is 0.204 e. The molecular weight excluding hydrogens is 589 g/mol. The minimum atomic E-state index is 0.468. The maximum absolute atomic E-state index is 6.09. The Kier molecular flexibility index (Phi) is 7.41. The predicted molar refractivity (Wildman–Crippen MR) is 140 cm³/mol. The van der Waals surface area contributed by atoms with E-state index in [1.54, 1.807) is 17.6 Å². The van der Waals surface area contributed by atoms with Gasteiger partial charge in [0.15, 0.2) is 11.5 Å². The highest BCUT2D eigenvalue weighted by atomic mass is 127. The first kappa shape index (κ1) is 22.0. The fraction of sp³-hybridized carbons (Fsp3) is 0.130. The Morgan fingerprint density at radius 2 is 1.94 bits per heavy atom. The zero-order valence-electron chi connectivity index (χ0n) is 16.6. The van der Waals surface area contributed by atoms with Crippen molar-refractivity contribution in [3.8, 4) is 11.5 Å². The van der Waals surface area contributed by atoms with E-state index in [1.807, 2.05) is 67.6 Å². The third kappa shape index (κ3) is 5.75. The van der Waals surface area contributed by atoms with Crippen LogP contribution in [0.2, 0.25) is 0 Å². The molecule has 1 aromatic heterocycles. The van der Waals surface area contributed by atoms with Crippen molar-refractivity contribution in [1.82, 2.24) is 4.98 Å². The zero-order chi connectivity index (χ0) is 21.6. The Bertz CT molecular complexity index is 1180. The second kappa shape index (κ2) is 10.4. The highest BCUT2D eigenvalue weighted by Gasteiger charge is 2.12. The average molecular weight is 608 g/mol. The molecule has 4 aromatic rings. The number of rotatable bonds is 8. The molecule has 0 atom stereocenters. The molecule has 0 unspecified atom stereocenters. The number of halogens is 2. The number of hydrazone groups is 1. The molecule has 0 radical (unpaired) electrons. The summed E-state index contributed by atoms with van der Waals surface area (Å²) in [5.74, 6) is 1.44. The Balaban J connectivity index is 1.48. The molecule has 0 spiro atoms. The number of benzene rings is 3. The van der Waals surface area contributed by atoms with Crippen molar-refractivity contribution < 1.29 is 9.47 Å². The quantitative estimate of drug-likeness (QED) is 0.132. The van der Waals surface area contributed by atoms with Gasteiger partial charge in [-0.2, -0.15) is 5.10 Å². The van der Waals surface area contributed by atoms with Gasteiger partial charge < -0.3 is 9.47 Å². The van der Waals surface area contributed by atoms with Gasteiger partial charge in [0.1, 0.15) is 6.61 Å². The molecule has 158 valence electrons. The smallest absolute Gasteiger partial charge is 0.204 e. The van der Waals surface area contributed by atoms with Crippen LogP contribution in [0.1, 0.15) is 18.1 Å². The first-order valence-corrected chi connectivity index (χ1v) is 12.3. The van der Waals surface area contributed by atoms with Crippen LogP contribution in [-0.4, -0.2) is 17.8 Å². The van der Waals surface area contributed by atoms with E-state index in [0.717, 1.165) is 40.3 Å². The molecule has 1 N–H and O–H groups in total. The van der Waals surface area contributed by atoms with Crippen LogP contribution in [0.3, 0.4) is 0 Å². The minimum Gasteiger partial charge on any atom is -0.490 e. The molecule has 0 amide bonds. The maximum atomic E-state index is 6.09. The van der Waals surface area contributed by atoms with Gasteiger partial charge in [-0.3, -0.25) is 5.43 Å². The number of nitrogens with zero attached hydrogens (tertiary/aromatic N) is 2. The van der Waals surface area contributed by atoms with Crippen LogP contribution in [0, 0.1) is 3.57 Å². The van der Waals surface area contributed by atoms with Gasteiger partial charge in [-0.15, -0.1) is 0 Å². The van der Waals surface area contributed by atoms with Gasteiger partial charge in [-0.05, 0) is 77.0 Å². The summed E-state index contributed by atoms with van der Waals surface area (Å²) in [6.45, 7) is 2.98. The molecule has 4 rings (SSSR count).